The molecule has 1 aromatic carbocycles. The van der Waals surface area contributed by atoms with Crippen LogP contribution in [0.2, 0.25) is 0 Å². The van der Waals surface area contributed by atoms with Crippen molar-refractivity contribution in [1.29, 1.82) is 0 Å². The van der Waals surface area contributed by atoms with Crippen LogP contribution in [0.3, 0.4) is 0 Å². The first-order chi connectivity index (χ1) is 17.0. The lowest BCUT2D eigenvalue weighted by Gasteiger charge is -2.32. The lowest BCUT2D eigenvalue weighted by Crippen LogP contribution is -2.49. The molecule has 0 saturated heterocycles. The average Bonchev–Trinajstić information content (AvgIpc) is 3.52. The van der Waals surface area contributed by atoms with Gasteiger partial charge in [0.25, 0.3) is 5.91 Å². The maximum atomic E-state index is 13.4. The van der Waals surface area contributed by atoms with Gasteiger partial charge in [-0.25, -0.2) is 4.98 Å². The number of nitrogens with one attached hydrogen (secondary N) is 2. The van der Waals surface area contributed by atoms with Crippen molar-refractivity contribution in [2.24, 2.45) is 18.9 Å². The van der Waals surface area contributed by atoms with E-state index in [2.05, 4.69) is 27.6 Å². The third-order valence-corrected chi connectivity index (χ3v) is 7.03. The Hall–Kier alpha value is -3.94. The zero-order valence-electron chi connectivity index (χ0n) is 20.0. The van der Waals surface area contributed by atoms with Crippen LogP contribution in [0.1, 0.15) is 43.1 Å². The zero-order valence-corrected chi connectivity index (χ0v) is 20.0. The highest BCUT2D eigenvalue weighted by molar-refractivity contribution is 6.00. The number of aryl methyl sites for hydroxylation is 1. The van der Waals surface area contributed by atoms with Crippen LogP contribution in [-0.2, 0) is 11.8 Å². The number of carbonyl (C=O) groups is 2. The minimum Gasteiger partial charge on any atom is -0.339 e. The fourth-order valence-corrected chi connectivity index (χ4v) is 4.96. The van der Waals surface area contributed by atoms with Crippen molar-refractivity contribution in [1.82, 2.24) is 24.5 Å². The number of anilines is 1. The molecule has 3 heterocycles. The Morgan fingerprint density at radius 1 is 1.00 bits per heavy atom. The monoisotopic (exact) mass is 470 g/mol. The summed E-state index contributed by atoms with van der Waals surface area (Å²) < 4.78 is 3.55. The summed E-state index contributed by atoms with van der Waals surface area (Å²) >= 11 is 0. The molecule has 8 nitrogen and oxygen atoms in total. The Balaban J connectivity index is 1.34. The number of hydrogen-bond donors (Lipinski definition) is 2. The van der Waals surface area contributed by atoms with Crippen molar-refractivity contribution in [3.8, 4) is 11.3 Å². The molecule has 0 aliphatic heterocycles. The third-order valence-electron chi connectivity index (χ3n) is 7.03. The number of nitrogens with zero attached hydrogens (tertiary/aromatic N) is 4. The van der Waals surface area contributed by atoms with Gasteiger partial charge in [-0.05, 0) is 60.6 Å². The van der Waals surface area contributed by atoms with E-state index in [0.717, 1.165) is 42.6 Å². The van der Waals surface area contributed by atoms with E-state index in [1.54, 1.807) is 25.5 Å². The summed E-state index contributed by atoms with van der Waals surface area (Å²) in [7, 11) is 1.72. The van der Waals surface area contributed by atoms with Gasteiger partial charge in [0.15, 0.2) is 0 Å². The van der Waals surface area contributed by atoms with Gasteiger partial charge in [-0.15, -0.1) is 0 Å². The highest BCUT2D eigenvalue weighted by Crippen LogP contribution is 2.31. The van der Waals surface area contributed by atoms with E-state index in [0.29, 0.717) is 17.3 Å². The number of aromatic nitrogens is 4. The summed E-state index contributed by atoms with van der Waals surface area (Å²) in [5.41, 5.74) is 4.06. The molecule has 180 valence electrons. The molecular weight excluding hydrogens is 440 g/mol. The summed E-state index contributed by atoms with van der Waals surface area (Å²) in [5.74, 6) is 0.272. The quantitative estimate of drug-likeness (QED) is 0.439. The first kappa shape index (κ1) is 22.8. The molecule has 0 bridgehead atoms. The Bertz CT molecular complexity index is 1330. The van der Waals surface area contributed by atoms with Crippen molar-refractivity contribution in [3.63, 3.8) is 0 Å². The van der Waals surface area contributed by atoms with Gasteiger partial charge in [-0.1, -0.05) is 38.0 Å². The summed E-state index contributed by atoms with van der Waals surface area (Å²) in [6, 6.07) is 14.8. The summed E-state index contributed by atoms with van der Waals surface area (Å²) in [4.78, 5) is 30.7. The Morgan fingerprint density at radius 2 is 1.77 bits per heavy atom. The number of rotatable bonds is 6. The van der Waals surface area contributed by atoms with Crippen LogP contribution in [0.4, 0.5) is 5.69 Å². The highest BCUT2D eigenvalue weighted by Gasteiger charge is 2.33. The number of hydrogen-bond acceptors (Lipinski definition) is 4. The van der Waals surface area contributed by atoms with Crippen LogP contribution < -0.4 is 10.6 Å². The lowest BCUT2D eigenvalue weighted by atomic mass is 9.79. The zero-order chi connectivity index (χ0) is 24.4. The second-order valence-corrected chi connectivity index (χ2v) is 9.44. The maximum Gasteiger partial charge on any atom is 0.270 e. The second-order valence-electron chi connectivity index (χ2n) is 9.44. The maximum absolute atomic E-state index is 13.4. The first-order valence-electron chi connectivity index (χ1n) is 12.1. The van der Waals surface area contributed by atoms with Crippen molar-refractivity contribution < 1.29 is 9.59 Å². The minimum absolute atomic E-state index is 0.0986. The summed E-state index contributed by atoms with van der Waals surface area (Å²) in [6.45, 7) is 2.24. The van der Waals surface area contributed by atoms with Gasteiger partial charge in [0.1, 0.15) is 17.4 Å². The smallest absolute Gasteiger partial charge is 0.270 e. The molecule has 3 aromatic heterocycles. The fraction of sp³-hybridized carbons (Fsp3) is 0.333. The number of benzene rings is 1. The molecular formula is C27H30N6O2. The summed E-state index contributed by atoms with van der Waals surface area (Å²) in [5, 5.41) is 10.1. The molecule has 5 rings (SSSR count). The van der Waals surface area contributed by atoms with Gasteiger partial charge >= 0.3 is 0 Å². The van der Waals surface area contributed by atoms with Gasteiger partial charge < -0.3 is 10.6 Å². The van der Waals surface area contributed by atoms with Crippen molar-refractivity contribution in [3.05, 3.63) is 72.8 Å². The molecule has 0 radical (unpaired) electrons. The van der Waals surface area contributed by atoms with Crippen LogP contribution in [-0.4, -0.2) is 37.0 Å². The van der Waals surface area contributed by atoms with Crippen LogP contribution in [0.15, 0.2) is 67.1 Å². The van der Waals surface area contributed by atoms with Crippen molar-refractivity contribution >= 4 is 23.1 Å². The number of imidazole rings is 1. The van der Waals surface area contributed by atoms with E-state index in [1.165, 1.54) is 4.68 Å². The average molecular weight is 471 g/mol. The van der Waals surface area contributed by atoms with E-state index in [4.69, 9.17) is 0 Å². The van der Waals surface area contributed by atoms with E-state index in [9.17, 15) is 9.59 Å². The Labute approximate surface area is 204 Å². The molecule has 1 fully saturated rings. The van der Waals surface area contributed by atoms with Gasteiger partial charge in [0.2, 0.25) is 5.91 Å². The predicted molar refractivity (Wildman–Crippen MR) is 135 cm³/mol. The van der Waals surface area contributed by atoms with E-state index < -0.39 is 6.04 Å². The molecule has 0 spiro atoms. The number of fused-ring (bicyclic) bond motifs is 1. The molecule has 2 amide bonds. The topological polar surface area (TPSA) is 93.3 Å². The normalized spacial score (nSPS) is 18.8. The molecule has 1 atom stereocenters. The molecule has 1 aliphatic rings. The van der Waals surface area contributed by atoms with E-state index in [1.807, 2.05) is 53.1 Å². The number of amides is 2. The van der Waals surface area contributed by atoms with Gasteiger partial charge in [0.05, 0.1) is 5.69 Å². The first-order valence-corrected chi connectivity index (χ1v) is 12.1. The van der Waals surface area contributed by atoms with E-state index >= 15 is 0 Å². The third kappa shape index (κ3) is 4.82. The minimum atomic E-state index is -0.607. The van der Waals surface area contributed by atoms with Crippen LogP contribution >= 0.6 is 0 Å². The fourth-order valence-electron chi connectivity index (χ4n) is 4.96. The molecule has 1 aliphatic carbocycles. The molecule has 1 unspecified atom stereocenters. The number of pyridine rings is 1. The van der Waals surface area contributed by atoms with Gasteiger partial charge in [0, 0.05) is 31.3 Å². The van der Waals surface area contributed by atoms with Gasteiger partial charge in [-0.2, -0.15) is 5.10 Å². The lowest BCUT2D eigenvalue weighted by molar-refractivity contribution is -0.119. The predicted octanol–water partition coefficient (Wildman–Crippen LogP) is 4.30. The standard InChI is InChI=1S/C27H30N6O2/c1-18-6-8-20(9-7-18)25(31-26(34)23-14-15-29-32(23)2)27(35)30-21-12-10-19(11-13-21)22-4-3-5-24-28-16-17-33(22)24/h3-5,10-18,20,25H,6-9H2,1-2H3,(H,30,35)(H,31,34). The Kier molecular flexibility index (Phi) is 6.35. The number of carbonyl (C=O) groups excluding carboxylic acids is 2. The van der Waals surface area contributed by atoms with Gasteiger partial charge in [-0.3, -0.25) is 18.7 Å². The van der Waals surface area contributed by atoms with Crippen LogP contribution in [0, 0.1) is 11.8 Å². The second kappa shape index (κ2) is 9.74. The van der Waals surface area contributed by atoms with E-state index in [-0.39, 0.29) is 17.7 Å². The van der Waals surface area contributed by atoms with Crippen molar-refractivity contribution in [2.45, 2.75) is 38.6 Å². The summed E-state index contributed by atoms with van der Waals surface area (Å²) in [6.07, 6.45) is 9.24. The largest absolute Gasteiger partial charge is 0.339 e. The van der Waals surface area contributed by atoms with Crippen LogP contribution in [0.25, 0.3) is 16.9 Å². The van der Waals surface area contributed by atoms with Crippen molar-refractivity contribution in [2.75, 3.05) is 5.32 Å². The Morgan fingerprint density at radius 3 is 2.49 bits per heavy atom. The molecule has 1 saturated carbocycles. The highest BCUT2D eigenvalue weighted by atomic mass is 16.2. The molecule has 35 heavy (non-hydrogen) atoms. The van der Waals surface area contributed by atoms with Crippen LogP contribution in [0.5, 0.6) is 0 Å². The SMILES string of the molecule is CC1CCC(C(NC(=O)c2ccnn2C)C(=O)Nc2ccc(-c3cccc4nccn34)cc2)CC1. The molecule has 2 N–H and O–H groups in total. The molecule has 4 aromatic rings. The molecule has 8 heteroatoms.